The Morgan fingerprint density at radius 3 is 1.54 bits per heavy atom. The van der Waals surface area contributed by atoms with E-state index in [-0.39, 0.29) is 16.9 Å². The smallest absolute Gasteiger partial charge is 0.116 e. The second-order valence-electron chi connectivity index (χ2n) is 15.0. The van der Waals surface area contributed by atoms with Gasteiger partial charge in [0.2, 0.25) is 0 Å². The molecule has 1 aliphatic heterocycles. The molecular formula is C51H39N3O2. The van der Waals surface area contributed by atoms with Crippen molar-refractivity contribution < 1.29 is 10.2 Å². The molecule has 8 aromatic carbocycles. The quantitative estimate of drug-likeness (QED) is 0.179. The molecule has 56 heavy (non-hydrogen) atoms. The molecule has 0 aliphatic carbocycles. The number of anilines is 6. The molecule has 1 aromatic heterocycles. The lowest BCUT2D eigenvalue weighted by atomic mass is 9.73. The van der Waals surface area contributed by atoms with Gasteiger partial charge >= 0.3 is 0 Å². The molecule has 5 nitrogen and oxygen atoms in total. The van der Waals surface area contributed by atoms with Crippen LogP contribution in [-0.2, 0) is 5.41 Å². The molecule has 0 bridgehead atoms. The van der Waals surface area contributed by atoms with Crippen molar-refractivity contribution >= 4 is 55.9 Å². The maximum Gasteiger partial charge on any atom is 0.116 e. The maximum atomic E-state index is 10.5. The highest BCUT2D eigenvalue weighted by atomic mass is 16.3. The molecule has 0 fully saturated rings. The van der Waals surface area contributed by atoms with Gasteiger partial charge in [0.15, 0.2) is 0 Å². The number of aromatic hydroxyl groups is 2. The van der Waals surface area contributed by atoms with Crippen molar-refractivity contribution in [3.05, 3.63) is 199 Å². The summed E-state index contributed by atoms with van der Waals surface area (Å²) in [6.07, 6.45) is 0. The lowest BCUT2D eigenvalue weighted by molar-refractivity contribution is 0.475. The number of phenols is 2. The van der Waals surface area contributed by atoms with Gasteiger partial charge in [0, 0.05) is 44.6 Å². The molecule has 1 aliphatic rings. The van der Waals surface area contributed by atoms with Crippen molar-refractivity contribution in [3.63, 3.8) is 0 Å². The van der Waals surface area contributed by atoms with Crippen molar-refractivity contribution in [2.24, 2.45) is 0 Å². The summed E-state index contributed by atoms with van der Waals surface area (Å²) in [7, 11) is 0. The highest BCUT2D eigenvalue weighted by Crippen LogP contribution is 2.52. The van der Waals surface area contributed by atoms with Gasteiger partial charge < -0.3 is 24.6 Å². The van der Waals surface area contributed by atoms with Crippen LogP contribution in [-0.4, -0.2) is 14.8 Å². The fourth-order valence-electron chi connectivity index (χ4n) is 8.60. The number of phenolic OH excluding ortho intramolecular Hbond substituents is 2. The molecule has 0 spiro atoms. The highest BCUT2D eigenvalue weighted by molar-refractivity contribution is 6.11. The minimum atomic E-state index is -0.124. The third-order valence-electron chi connectivity index (χ3n) is 11.3. The Morgan fingerprint density at radius 1 is 0.429 bits per heavy atom. The maximum absolute atomic E-state index is 10.5. The normalized spacial score (nSPS) is 13.1. The molecule has 5 heteroatoms. The SMILES string of the molecule is CC1(C)c2ccccc2N(c2ccc(N(c3ccc(O)cc3)c3ccc(-c4ccc5c(c4)c4cc(O)ccc4n5-c4ccccc4)cc3)cc2)c2ccccc21. The minimum Gasteiger partial charge on any atom is -0.508 e. The van der Waals surface area contributed by atoms with E-state index in [1.165, 1.54) is 22.5 Å². The Morgan fingerprint density at radius 2 is 0.911 bits per heavy atom. The number of hydrogen-bond acceptors (Lipinski definition) is 4. The summed E-state index contributed by atoms with van der Waals surface area (Å²) in [6.45, 7) is 4.61. The topological polar surface area (TPSA) is 51.9 Å². The first-order valence-electron chi connectivity index (χ1n) is 19.0. The Bertz CT molecular complexity index is 2840. The Balaban J connectivity index is 1.03. The van der Waals surface area contributed by atoms with Crippen molar-refractivity contribution in [2.75, 3.05) is 9.80 Å². The first-order chi connectivity index (χ1) is 27.3. The average Bonchev–Trinajstić information content (AvgIpc) is 3.55. The Kier molecular flexibility index (Phi) is 7.72. The van der Waals surface area contributed by atoms with Gasteiger partial charge in [0.25, 0.3) is 0 Å². The molecule has 0 radical (unpaired) electrons. The third-order valence-corrected chi connectivity index (χ3v) is 11.3. The van der Waals surface area contributed by atoms with Crippen LogP contribution in [0.15, 0.2) is 188 Å². The zero-order valence-corrected chi connectivity index (χ0v) is 31.1. The lowest BCUT2D eigenvalue weighted by Crippen LogP contribution is -2.30. The van der Waals surface area contributed by atoms with E-state index in [9.17, 15) is 10.2 Å². The van der Waals surface area contributed by atoms with E-state index in [4.69, 9.17) is 0 Å². The third kappa shape index (κ3) is 5.39. The second kappa shape index (κ2) is 13.0. The fourth-order valence-corrected chi connectivity index (χ4v) is 8.60. The van der Waals surface area contributed by atoms with Crippen LogP contribution in [0.1, 0.15) is 25.0 Å². The van der Waals surface area contributed by atoms with Gasteiger partial charge in [-0.2, -0.15) is 0 Å². The van der Waals surface area contributed by atoms with Crippen LogP contribution >= 0.6 is 0 Å². The van der Waals surface area contributed by atoms with Gasteiger partial charge in [-0.3, -0.25) is 0 Å². The van der Waals surface area contributed by atoms with Crippen LogP contribution in [0.4, 0.5) is 34.1 Å². The summed E-state index contributed by atoms with van der Waals surface area (Å²) in [4.78, 5) is 4.59. The average molecular weight is 726 g/mol. The van der Waals surface area contributed by atoms with Gasteiger partial charge in [-0.15, -0.1) is 0 Å². The predicted molar refractivity (Wildman–Crippen MR) is 231 cm³/mol. The largest absolute Gasteiger partial charge is 0.508 e. The van der Waals surface area contributed by atoms with E-state index in [1.54, 1.807) is 18.2 Å². The number of hydrogen-bond donors (Lipinski definition) is 2. The summed E-state index contributed by atoms with van der Waals surface area (Å²) in [5.41, 5.74) is 14.3. The van der Waals surface area contributed by atoms with Gasteiger partial charge in [-0.1, -0.05) is 86.6 Å². The standard InChI is InChI=1S/C51H39N3O2/c1-51(2)45-12-6-8-14-49(45)54(50-15-9-7-13-46(50)51)40-23-21-38(22-24-40)52(39-25-27-41(55)28-26-39)37-19-16-34(17-20-37)35-18-30-47-43(32-35)44-33-42(56)29-31-48(44)53(47)36-10-4-3-5-11-36/h3-33,55-56H,1-2H3. The van der Waals surface area contributed by atoms with E-state index < -0.39 is 0 Å². The summed E-state index contributed by atoms with van der Waals surface area (Å²) in [6, 6.07) is 64.6. The van der Waals surface area contributed by atoms with Crippen LogP contribution in [0.25, 0.3) is 38.6 Å². The number of aromatic nitrogens is 1. The van der Waals surface area contributed by atoms with E-state index in [0.717, 1.165) is 61.4 Å². The summed E-state index contributed by atoms with van der Waals surface area (Å²) >= 11 is 0. The van der Waals surface area contributed by atoms with E-state index in [2.05, 4.69) is 156 Å². The molecule has 2 heterocycles. The van der Waals surface area contributed by atoms with Crippen LogP contribution in [0.2, 0.25) is 0 Å². The van der Waals surface area contributed by atoms with Gasteiger partial charge in [0.05, 0.1) is 22.4 Å². The molecule has 270 valence electrons. The van der Waals surface area contributed by atoms with Gasteiger partial charge in [-0.25, -0.2) is 0 Å². The van der Waals surface area contributed by atoms with Crippen molar-refractivity contribution in [3.8, 4) is 28.3 Å². The molecule has 0 unspecified atom stereocenters. The van der Waals surface area contributed by atoms with E-state index >= 15 is 0 Å². The summed E-state index contributed by atoms with van der Waals surface area (Å²) in [5.74, 6) is 0.471. The molecule has 9 aromatic rings. The minimum absolute atomic E-state index is 0.124. The zero-order valence-electron chi connectivity index (χ0n) is 31.1. The first-order valence-corrected chi connectivity index (χ1v) is 19.0. The molecule has 0 saturated heterocycles. The zero-order chi connectivity index (χ0) is 38.0. The summed E-state index contributed by atoms with van der Waals surface area (Å²) < 4.78 is 2.25. The number of benzene rings is 8. The molecule has 10 rings (SSSR count). The van der Waals surface area contributed by atoms with Gasteiger partial charge in [0.1, 0.15) is 11.5 Å². The fraction of sp³-hybridized carbons (Fsp3) is 0.0588. The van der Waals surface area contributed by atoms with Crippen LogP contribution in [0.3, 0.4) is 0 Å². The number of rotatable bonds is 6. The van der Waals surface area contributed by atoms with Crippen LogP contribution < -0.4 is 9.80 Å². The number of nitrogens with zero attached hydrogens (tertiary/aromatic N) is 3. The lowest BCUT2D eigenvalue weighted by Gasteiger charge is -2.42. The Hall–Kier alpha value is -7.24. The van der Waals surface area contributed by atoms with Crippen molar-refractivity contribution in [1.82, 2.24) is 4.57 Å². The van der Waals surface area contributed by atoms with Crippen molar-refractivity contribution in [2.45, 2.75) is 19.3 Å². The molecule has 0 saturated carbocycles. The van der Waals surface area contributed by atoms with Crippen LogP contribution in [0, 0.1) is 0 Å². The van der Waals surface area contributed by atoms with E-state index in [0.29, 0.717) is 0 Å². The predicted octanol–water partition coefficient (Wildman–Crippen LogP) is 13.4. The monoisotopic (exact) mass is 725 g/mol. The number of fused-ring (bicyclic) bond motifs is 5. The van der Waals surface area contributed by atoms with Gasteiger partial charge in [-0.05, 0) is 138 Å². The summed E-state index contributed by atoms with van der Waals surface area (Å²) in [5, 5.41) is 22.8. The van der Waals surface area contributed by atoms with E-state index in [1.807, 2.05) is 42.5 Å². The van der Waals surface area contributed by atoms with Crippen molar-refractivity contribution in [1.29, 1.82) is 0 Å². The highest BCUT2D eigenvalue weighted by Gasteiger charge is 2.36. The molecule has 0 amide bonds. The number of para-hydroxylation sites is 3. The van der Waals surface area contributed by atoms with Crippen LogP contribution in [0.5, 0.6) is 11.5 Å². The molecule has 0 atom stereocenters. The molecular weight excluding hydrogens is 687 g/mol. The Labute approximate surface area is 326 Å². The molecule has 2 N–H and O–H groups in total. The second-order valence-corrected chi connectivity index (χ2v) is 15.0. The first kappa shape index (κ1) is 33.3.